The van der Waals surface area contributed by atoms with E-state index in [-0.39, 0.29) is 10.6 Å². The lowest BCUT2D eigenvalue weighted by Gasteiger charge is -2.13. The van der Waals surface area contributed by atoms with E-state index in [9.17, 15) is 21.6 Å². The van der Waals surface area contributed by atoms with E-state index >= 15 is 0 Å². The summed E-state index contributed by atoms with van der Waals surface area (Å²) in [5, 5.41) is -0.488. The fourth-order valence-corrected chi connectivity index (χ4v) is 3.89. The van der Waals surface area contributed by atoms with Crippen molar-refractivity contribution in [1.29, 1.82) is 0 Å². The monoisotopic (exact) mass is 419 g/mol. The van der Waals surface area contributed by atoms with Gasteiger partial charge in [-0.3, -0.25) is 4.72 Å². The highest BCUT2D eigenvalue weighted by Crippen LogP contribution is 2.36. The average molecular weight is 420 g/mol. The number of hydrogen-bond donors (Lipinski definition) is 1. The van der Waals surface area contributed by atoms with Crippen LogP contribution in [0.15, 0.2) is 47.4 Å². The van der Waals surface area contributed by atoms with Crippen LogP contribution in [0.4, 0.5) is 18.9 Å². The molecule has 0 atom stereocenters. The molecule has 0 heterocycles. The highest BCUT2D eigenvalue weighted by atomic mass is 35.5. The number of nitrogens with one attached hydrogen (secondary N) is 1. The van der Waals surface area contributed by atoms with E-state index in [4.69, 9.17) is 11.6 Å². The SMILES string of the molecule is CCCCCCc1ccc(S(=O)(=O)Nc2ccc(Cl)c(C(F)(F)F)c2)cc1. The zero-order valence-corrected chi connectivity index (χ0v) is 16.4. The number of anilines is 1. The first kappa shape index (κ1) is 21.6. The van der Waals surface area contributed by atoms with Crippen LogP contribution >= 0.6 is 11.6 Å². The molecule has 27 heavy (non-hydrogen) atoms. The van der Waals surface area contributed by atoms with Crippen LogP contribution in [0.1, 0.15) is 43.7 Å². The molecule has 148 valence electrons. The van der Waals surface area contributed by atoms with Crippen molar-refractivity contribution in [3.05, 3.63) is 58.6 Å². The highest BCUT2D eigenvalue weighted by Gasteiger charge is 2.33. The summed E-state index contributed by atoms with van der Waals surface area (Å²) in [5.41, 5.74) is -0.266. The molecule has 0 amide bonds. The van der Waals surface area contributed by atoms with Gasteiger partial charge in [-0.25, -0.2) is 8.42 Å². The molecule has 0 aliphatic rings. The van der Waals surface area contributed by atoms with Crippen molar-refractivity contribution in [1.82, 2.24) is 0 Å². The van der Waals surface area contributed by atoms with Gasteiger partial charge in [0.25, 0.3) is 10.0 Å². The first-order chi connectivity index (χ1) is 12.6. The summed E-state index contributed by atoms with van der Waals surface area (Å²) < 4.78 is 65.8. The standard InChI is InChI=1S/C19H21ClF3NO2S/c1-2-3-4-5-6-14-7-10-16(11-8-14)27(25,26)24-15-9-12-18(20)17(13-15)19(21,22)23/h7-13,24H,2-6H2,1H3. The minimum absolute atomic E-state index is 0.0108. The van der Waals surface area contributed by atoms with E-state index in [0.29, 0.717) is 6.07 Å². The third-order valence-corrected chi connectivity index (χ3v) is 5.80. The number of unbranched alkanes of at least 4 members (excludes halogenated alkanes) is 3. The topological polar surface area (TPSA) is 46.2 Å². The van der Waals surface area contributed by atoms with Crippen LogP contribution in [0.5, 0.6) is 0 Å². The molecule has 0 saturated carbocycles. The van der Waals surface area contributed by atoms with Gasteiger partial charge < -0.3 is 0 Å². The first-order valence-corrected chi connectivity index (χ1v) is 10.5. The third kappa shape index (κ3) is 6.14. The Morgan fingerprint density at radius 1 is 1.00 bits per heavy atom. The molecular weight excluding hydrogens is 399 g/mol. The Bertz CT molecular complexity index is 866. The summed E-state index contributed by atoms with van der Waals surface area (Å²) in [5.74, 6) is 0. The van der Waals surface area contributed by atoms with Gasteiger partial charge in [0.05, 0.1) is 15.5 Å². The maximum atomic E-state index is 12.9. The van der Waals surface area contributed by atoms with Crippen LogP contribution in [0, 0.1) is 0 Å². The number of sulfonamides is 1. The predicted octanol–water partition coefficient (Wildman–Crippen LogP) is 6.28. The van der Waals surface area contributed by atoms with Crippen LogP contribution in [-0.4, -0.2) is 8.42 Å². The Kier molecular flexibility index (Phi) is 7.17. The number of benzene rings is 2. The van der Waals surface area contributed by atoms with E-state index in [2.05, 4.69) is 11.6 Å². The van der Waals surface area contributed by atoms with Crippen molar-refractivity contribution in [2.24, 2.45) is 0 Å². The summed E-state index contributed by atoms with van der Waals surface area (Å²) in [6.07, 6.45) is 0.651. The largest absolute Gasteiger partial charge is 0.417 e. The van der Waals surface area contributed by atoms with Crippen LogP contribution in [0.2, 0.25) is 5.02 Å². The fourth-order valence-electron chi connectivity index (χ4n) is 2.61. The normalized spacial score (nSPS) is 12.2. The molecule has 0 aliphatic carbocycles. The number of halogens is 4. The van der Waals surface area contributed by atoms with Crippen molar-refractivity contribution < 1.29 is 21.6 Å². The summed E-state index contributed by atoms with van der Waals surface area (Å²) in [6, 6.07) is 9.25. The predicted molar refractivity (Wildman–Crippen MR) is 102 cm³/mol. The number of alkyl halides is 3. The first-order valence-electron chi connectivity index (χ1n) is 8.62. The molecule has 0 fully saturated rings. The van der Waals surface area contributed by atoms with Gasteiger partial charge in [0.15, 0.2) is 0 Å². The van der Waals surface area contributed by atoms with E-state index in [1.165, 1.54) is 18.2 Å². The van der Waals surface area contributed by atoms with Gasteiger partial charge in [-0.1, -0.05) is 49.9 Å². The Morgan fingerprint density at radius 3 is 2.26 bits per heavy atom. The van der Waals surface area contributed by atoms with Crippen molar-refractivity contribution in [3.63, 3.8) is 0 Å². The second-order valence-electron chi connectivity index (χ2n) is 6.25. The molecule has 0 radical (unpaired) electrons. The minimum Gasteiger partial charge on any atom is -0.280 e. The summed E-state index contributed by atoms with van der Waals surface area (Å²) in [7, 11) is -3.99. The van der Waals surface area contributed by atoms with Crippen LogP contribution < -0.4 is 4.72 Å². The molecule has 0 unspecified atom stereocenters. The molecule has 0 saturated heterocycles. The third-order valence-electron chi connectivity index (χ3n) is 4.08. The molecule has 2 aromatic rings. The number of aryl methyl sites for hydroxylation is 1. The van der Waals surface area contributed by atoms with Gasteiger partial charge in [-0.2, -0.15) is 13.2 Å². The Hall–Kier alpha value is -1.73. The summed E-state index contributed by atoms with van der Waals surface area (Å²) >= 11 is 5.55. The molecule has 2 rings (SSSR count). The van der Waals surface area contributed by atoms with E-state index in [0.717, 1.165) is 43.7 Å². The van der Waals surface area contributed by atoms with Crippen LogP contribution in [0.3, 0.4) is 0 Å². The highest BCUT2D eigenvalue weighted by molar-refractivity contribution is 7.92. The van der Waals surface area contributed by atoms with Crippen LogP contribution in [0.25, 0.3) is 0 Å². The van der Waals surface area contributed by atoms with Gasteiger partial charge in [0.1, 0.15) is 0 Å². The summed E-state index contributed by atoms with van der Waals surface area (Å²) in [6.45, 7) is 2.13. The lowest BCUT2D eigenvalue weighted by molar-refractivity contribution is -0.137. The molecule has 3 nitrogen and oxygen atoms in total. The maximum absolute atomic E-state index is 12.9. The quantitative estimate of drug-likeness (QED) is 0.511. The molecule has 8 heteroatoms. The minimum atomic E-state index is -4.67. The molecule has 1 N–H and O–H groups in total. The van der Waals surface area contributed by atoms with Gasteiger partial charge in [0.2, 0.25) is 0 Å². The van der Waals surface area contributed by atoms with E-state index in [1.54, 1.807) is 12.1 Å². The molecule has 0 aliphatic heterocycles. The van der Waals surface area contributed by atoms with Crippen molar-refractivity contribution in [2.45, 2.75) is 50.1 Å². The Morgan fingerprint density at radius 2 is 1.67 bits per heavy atom. The van der Waals surface area contributed by atoms with Gasteiger partial charge >= 0.3 is 6.18 Å². The lowest BCUT2D eigenvalue weighted by atomic mass is 10.1. The number of hydrogen-bond acceptors (Lipinski definition) is 2. The second-order valence-corrected chi connectivity index (χ2v) is 8.34. The summed E-state index contributed by atoms with van der Waals surface area (Å²) in [4.78, 5) is -0.0108. The molecule has 0 spiro atoms. The zero-order valence-electron chi connectivity index (χ0n) is 14.8. The van der Waals surface area contributed by atoms with Gasteiger partial charge in [-0.15, -0.1) is 0 Å². The lowest BCUT2D eigenvalue weighted by Crippen LogP contribution is -2.14. The Labute approximate surface area is 162 Å². The average Bonchev–Trinajstić information content (AvgIpc) is 2.60. The maximum Gasteiger partial charge on any atom is 0.417 e. The fraction of sp³-hybridized carbons (Fsp3) is 0.368. The molecule has 2 aromatic carbocycles. The zero-order chi connectivity index (χ0) is 20.1. The smallest absolute Gasteiger partial charge is 0.280 e. The number of rotatable bonds is 8. The van der Waals surface area contributed by atoms with Crippen molar-refractivity contribution >= 4 is 27.3 Å². The van der Waals surface area contributed by atoms with Crippen molar-refractivity contribution in [3.8, 4) is 0 Å². The molecule has 0 bridgehead atoms. The van der Waals surface area contributed by atoms with Gasteiger partial charge in [-0.05, 0) is 48.7 Å². The van der Waals surface area contributed by atoms with Crippen molar-refractivity contribution in [2.75, 3.05) is 4.72 Å². The van der Waals surface area contributed by atoms with Crippen LogP contribution in [-0.2, 0) is 22.6 Å². The Balaban J connectivity index is 2.12. The second kappa shape index (κ2) is 8.97. The van der Waals surface area contributed by atoms with E-state index < -0.39 is 26.8 Å². The molecule has 0 aromatic heterocycles. The molecular formula is C19H21ClF3NO2S. The van der Waals surface area contributed by atoms with E-state index in [1.807, 2.05) is 0 Å². The van der Waals surface area contributed by atoms with Gasteiger partial charge in [0, 0.05) is 5.69 Å².